The van der Waals surface area contributed by atoms with E-state index in [-0.39, 0.29) is 19.0 Å². The lowest BCUT2D eigenvalue weighted by molar-refractivity contribution is -0.0569. The number of aromatic nitrogens is 4. The van der Waals surface area contributed by atoms with Gasteiger partial charge in [0.15, 0.2) is 18.8 Å². The third-order valence-corrected chi connectivity index (χ3v) is 5.20. The molecule has 1 unspecified atom stereocenters. The van der Waals surface area contributed by atoms with Gasteiger partial charge in [0, 0.05) is 13.3 Å². The molecule has 1 fully saturated rings. The summed E-state index contributed by atoms with van der Waals surface area (Å²) >= 11 is 0. The van der Waals surface area contributed by atoms with Crippen molar-refractivity contribution in [2.45, 2.75) is 25.4 Å². The smallest absolute Gasteiger partial charge is 0.197 e. The first-order valence-corrected chi connectivity index (χ1v) is 10.3. The maximum atomic E-state index is 11.8. The fourth-order valence-electron chi connectivity index (χ4n) is 2.95. The van der Waals surface area contributed by atoms with E-state index in [0.29, 0.717) is 11.2 Å². The van der Waals surface area contributed by atoms with Gasteiger partial charge in [0.05, 0.1) is 31.1 Å². The third kappa shape index (κ3) is 3.16. The number of nitrogens with two attached hydrogens (primary N) is 1. The summed E-state index contributed by atoms with van der Waals surface area (Å²) < 4.78 is 24.6. The van der Waals surface area contributed by atoms with Gasteiger partial charge in [-0.25, -0.2) is 15.0 Å². The van der Waals surface area contributed by atoms with Gasteiger partial charge in [-0.05, 0) is 0 Å². The largest absolute Gasteiger partial charge is 0.396 e. The summed E-state index contributed by atoms with van der Waals surface area (Å²) in [6.07, 6.45) is 0.239. The average molecular weight is 371 g/mol. The summed E-state index contributed by atoms with van der Waals surface area (Å²) in [5.74, 6) is 0.228. The highest BCUT2D eigenvalue weighted by Gasteiger charge is 2.54. The lowest BCUT2D eigenvalue weighted by Crippen LogP contribution is -2.41. The van der Waals surface area contributed by atoms with Crippen molar-refractivity contribution < 1.29 is 24.0 Å². The van der Waals surface area contributed by atoms with E-state index in [1.54, 1.807) is 11.5 Å². The summed E-state index contributed by atoms with van der Waals surface area (Å²) in [6.45, 7) is 4.27. The van der Waals surface area contributed by atoms with Gasteiger partial charge in [-0.1, -0.05) is 6.92 Å². The van der Waals surface area contributed by atoms with Crippen molar-refractivity contribution in [3.8, 4) is 0 Å². The number of rotatable bonds is 5. The van der Waals surface area contributed by atoms with Crippen LogP contribution in [0.3, 0.4) is 0 Å². The molecule has 0 amide bonds. The molecule has 0 bridgehead atoms. The van der Waals surface area contributed by atoms with Crippen LogP contribution in [0.25, 0.3) is 11.2 Å². The predicted molar refractivity (Wildman–Crippen MR) is 90.3 cm³/mol. The van der Waals surface area contributed by atoms with Gasteiger partial charge < -0.3 is 25.2 Å². The summed E-state index contributed by atoms with van der Waals surface area (Å²) in [4.78, 5) is 12.3. The molecule has 11 heteroatoms. The molecule has 0 saturated carbocycles. The van der Waals surface area contributed by atoms with Gasteiger partial charge in [0.2, 0.25) is 0 Å². The number of nitrogen functional groups attached to an aromatic ring is 1. The molecule has 1 aliphatic heterocycles. The molecule has 2 aromatic heterocycles. The van der Waals surface area contributed by atoms with Crippen molar-refractivity contribution in [2.75, 3.05) is 32.3 Å². The van der Waals surface area contributed by atoms with Gasteiger partial charge in [-0.15, -0.1) is 0 Å². The van der Waals surface area contributed by atoms with E-state index in [9.17, 15) is 14.8 Å². The highest BCUT2D eigenvalue weighted by Crippen LogP contribution is 2.47. The Balaban J connectivity index is 1.96. The molecule has 1 aliphatic rings. The first kappa shape index (κ1) is 18.2. The Morgan fingerprint density at radius 1 is 1.44 bits per heavy atom. The number of anilines is 1. The quantitative estimate of drug-likeness (QED) is 0.628. The number of ether oxygens (including phenoxy) is 1. The molecule has 4 atom stereocenters. The van der Waals surface area contributed by atoms with E-state index in [1.165, 1.54) is 26.0 Å². The lowest BCUT2D eigenvalue weighted by atomic mass is 9.83. The zero-order valence-corrected chi connectivity index (χ0v) is 15.1. The molecule has 0 aliphatic carbocycles. The van der Waals surface area contributed by atoms with Crippen LogP contribution in [0.1, 0.15) is 13.2 Å². The van der Waals surface area contributed by atoms with Crippen LogP contribution >= 0.6 is 7.37 Å². The molecule has 4 N–H and O–H groups in total. The minimum atomic E-state index is -2.73. The van der Waals surface area contributed by atoms with Crippen LogP contribution < -0.4 is 5.73 Å². The number of fused-ring (bicyclic) bond motifs is 1. The molecule has 1 saturated heterocycles. The van der Waals surface area contributed by atoms with Crippen molar-refractivity contribution in [2.24, 2.45) is 5.41 Å². The molecule has 138 valence electrons. The summed E-state index contributed by atoms with van der Waals surface area (Å²) in [5, 5.41) is 20.6. The van der Waals surface area contributed by atoms with E-state index in [2.05, 4.69) is 15.0 Å². The highest BCUT2D eigenvalue weighted by molar-refractivity contribution is 7.57. The SMILES string of the molecule is C[C@]1(CO)C(O)[C@@H](COP(C)(C)=O)O[C@H]1n1cnc2c(N)ncnc21. The summed E-state index contributed by atoms with van der Waals surface area (Å²) in [7, 11) is -2.73. The maximum absolute atomic E-state index is 11.8. The molecule has 3 heterocycles. The first-order chi connectivity index (χ1) is 11.7. The molecular weight excluding hydrogens is 349 g/mol. The first-order valence-electron chi connectivity index (χ1n) is 7.74. The van der Waals surface area contributed by atoms with Crippen LogP contribution in [0.15, 0.2) is 12.7 Å². The molecule has 0 aromatic carbocycles. The molecule has 0 radical (unpaired) electrons. The van der Waals surface area contributed by atoms with Crippen LogP contribution in [0.4, 0.5) is 5.82 Å². The number of hydrogen-bond acceptors (Lipinski definition) is 9. The Bertz CT molecular complexity index is 823. The summed E-state index contributed by atoms with van der Waals surface area (Å²) in [6, 6.07) is 0. The van der Waals surface area contributed by atoms with Crippen LogP contribution in [0.2, 0.25) is 0 Å². The molecule has 10 nitrogen and oxygen atoms in total. The normalized spacial score (nSPS) is 30.2. The van der Waals surface area contributed by atoms with Crippen LogP contribution in [0.5, 0.6) is 0 Å². The van der Waals surface area contributed by atoms with Crippen LogP contribution in [-0.4, -0.2) is 68.5 Å². The molecule has 0 spiro atoms. The molecular formula is C14H22N5O5P. The molecule has 25 heavy (non-hydrogen) atoms. The number of aliphatic hydroxyl groups is 2. The minimum Gasteiger partial charge on any atom is -0.396 e. The topological polar surface area (TPSA) is 146 Å². The Morgan fingerprint density at radius 2 is 2.16 bits per heavy atom. The Kier molecular flexibility index (Phi) is 4.59. The monoisotopic (exact) mass is 371 g/mol. The van der Waals surface area contributed by atoms with E-state index in [4.69, 9.17) is 15.0 Å². The van der Waals surface area contributed by atoms with Crippen LogP contribution in [0, 0.1) is 5.41 Å². The van der Waals surface area contributed by atoms with Crippen molar-refractivity contribution in [1.82, 2.24) is 19.5 Å². The number of imidazole rings is 1. The fourth-order valence-corrected chi connectivity index (χ4v) is 3.45. The van der Waals surface area contributed by atoms with E-state index in [1.807, 2.05) is 0 Å². The van der Waals surface area contributed by atoms with Gasteiger partial charge in [0.25, 0.3) is 0 Å². The molecule has 3 rings (SSSR count). The van der Waals surface area contributed by atoms with Crippen molar-refractivity contribution >= 4 is 24.4 Å². The van der Waals surface area contributed by atoms with Crippen LogP contribution in [-0.2, 0) is 13.8 Å². The number of nitrogens with zero attached hydrogens (tertiary/aromatic N) is 4. The van der Waals surface area contributed by atoms with Crippen molar-refractivity contribution in [3.63, 3.8) is 0 Å². The summed E-state index contributed by atoms with van der Waals surface area (Å²) in [5.41, 5.74) is 5.61. The second-order valence-corrected chi connectivity index (χ2v) is 9.53. The standard InChI is InChI=1S/C14H22N5O5P/c1-14(5-20)10(21)8(4-23-25(2,3)22)24-13(14)19-7-18-9-11(15)16-6-17-12(9)19/h6-8,10,13,20-21H,4-5H2,1-3H3,(H2,15,16,17)/t8-,10?,13-,14+/m1/s1. The van der Waals surface area contributed by atoms with Gasteiger partial charge >= 0.3 is 0 Å². The van der Waals surface area contributed by atoms with Gasteiger partial charge in [0.1, 0.15) is 24.2 Å². The maximum Gasteiger partial charge on any atom is 0.197 e. The van der Waals surface area contributed by atoms with E-state index in [0.717, 1.165) is 0 Å². The molecule has 2 aromatic rings. The Labute approximate surface area is 144 Å². The second-order valence-electron chi connectivity index (χ2n) is 6.77. The van der Waals surface area contributed by atoms with Gasteiger partial charge in [-0.2, -0.15) is 0 Å². The zero-order chi connectivity index (χ0) is 18.4. The predicted octanol–water partition coefficient (Wildman–Crippen LogP) is 0.220. The zero-order valence-electron chi connectivity index (χ0n) is 14.2. The average Bonchev–Trinajstić information content (AvgIpc) is 3.07. The van der Waals surface area contributed by atoms with E-state index < -0.39 is 31.2 Å². The fraction of sp³-hybridized carbons (Fsp3) is 0.643. The minimum absolute atomic E-state index is 0.0543. The highest BCUT2D eigenvalue weighted by atomic mass is 31.2. The van der Waals surface area contributed by atoms with Crippen molar-refractivity contribution in [1.29, 1.82) is 0 Å². The van der Waals surface area contributed by atoms with E-state index >= 15 is 0 Å². The van der Waals surface area contributed by atoms with Gasteiger partial charge in [-0.3, -0.25) is 9.13 Å². The number of hydrogen-bond donors (Lipinski definition) is 3. The Morgan fingerprint density at radius 3 is 2.80 bits per heavy atom. The Hall–Kier alpha value is -1.58. The lowest BCUT2D eigenvalue weighted by Gasteiger charge is -2.31. The third-order valence-electron chi connectivity index (χ3n) is 4.43. The second kappa shape index (κ2) is 6.30. The van der Waals surface area contributed by atoms with Crippen molar-refractivity contribution in [3.05, 3.63) is 12.7 Å². The number of aliphatic hydroxyl groups excluding tert-OH is 2.